The van der Waals surface area contributed by atoms with Crippen molar-refractivity contribution in [3.05, 3.63) is 57.0 Å². The van der Waals surface area contributed by atoms with Crippen molar-refractivity contribution in [2.75, 3.05) is 6.54 Å². The molecule has 2 aromatic heterocycles. The van der Waals surface area contributed by atoms with E-state index in [0.717, 1.165) is 12.3 Å². The van der Waals surface area contributed by atoms with Gasteiger partial charge in [-0.15, -0.1) is 0 Å². The monoisotopic (exact) mass is 378 g/mol. The molecular weight excluding hydrogens is 366 g/mol. The van der Waals surface area contributed by atoms with E-state index in [-0.39, 0.29) is 30.8 Å². The van der Waals surface area contributed by atoms with Crippen LogP contribution in [0.25, 0.3) is 0 Å². The van der Waals surface area contributed by atoms with Gasteiger partial charge in [0.2, 0.25) is 5.82 Å². The third-order valence-corrected chi connectivity index (χ3v) is 3.94. The largest absolute Gasteiger partial charge is 0.449 e. The van der Waals surface area contributed by atoms with Crippen LogP contribution >= 0.6 is 0 Å². The van der Waals surface area contributed by atoms with Gasteiger partial charge in [-0.2, -0.15) is 26.3 Å². The molecule has 0 saturated heterocycles. The number of pyridine rings is 1. The Balaban J connectivity index is 1.76. The van der Waals surface area contributed by atoms with Gasteiger partial charge < -0.3 is 4.98 Å². The van der Waals surface area contributed by atoms with E-state index in [1.807, 2.05) is 0 Å². The van der Waals surface area contributed by atoms with Crippen LogP contribution in [-0.4, -0.2) is 26.4 Å². The van der Waals surface area contributed by atoms with Gasteiger partial charge in [-0.3, -0.25) is 14.7 Å². The van der Waals surface area contributed by atoms with Gasteiger partial charge in [-0.25, -0.2) is 4.98 Å². The molecule has 0 aromatic carbocycles. The number of nitrogens with zero attached hydrogens (tertiary/aromatic N) is 3. The zero-order valence-corrected chi connectivity index (χ0v) is 13.1. The van der Waals surface area contributed by atoms with Crippen LogP contribution in [0.1, 0.15) is 28.3 Å². The maximum atomic E-state index is 12.7. The topological polar surface area (TPSA) is 61.9 Å². The number of aromatic amines is 1. The highest BCUT2D eigenvalue weighted by atomic mass is 19.4. The van der Waals surface area contributed by atoms with Crippen molar-refractivity contribution in [3.63, 3.8) is 0 Å². The Labute approximate surface area is 142 Å². The maximum Gasteiger partial charge on any atom is 0.449 e. The highest BCUT2D eigenvalue weighted by Crippen LogP contribution is 2.28. The lowest BCUT2D eigenvalue weighted by Crippen LogP contribution is -2.36. The second-order valence-electron chi connectivity index (χ2n) is 5.85. The summed E-state index contributed by atoms with van der Waals surface area (Å²) in [5.74, 6) is -1.33. The molecule has 0 unspecified atom stereocenters. The molecule has 0 bridgehead atoms. The zero-order valence-electron chi connectivity index (χ0n) is 13.1. The Morgan fingerprint density at radius 2 is 1.85 bits per heavy atom. The van der Waals surface area contributed by atoms with E-state index in [1.165, 1.54) is 6.07 Å². The molecular formula is C15H12F6N4O. The molecule has 0 atom stereocenters. The van der Waals surface area contributed by atoms with Gasteiger partial charge in [0.1, 0.15) is 5.69 Å². The number of rotatable bonds is 2. The molecule has 0 radical (unpaired) electrons. The number of hydrogen-bond donors (Lipinski definition) is 1. The zero-order chi connectivity index (χ0) is 19.1. The van der Waals surface area contributed by atoms with Gasteiger partial charge in [0.25, 0.3) is 5.56 Å². The van der Waals surface area contributed by atoms with Crippen LogP contribution in [0.3, 0.4) is 0 Å². The lowest BCUT2D eigenvalue weighted by Gasteiger charge is -2.27. The molecule has 140 valence electrons. The lowest BCUT2D eigenvalue weighted by molar-refractivity contribution is -0.145. The molecule has 0 amide bonds. The number of halogens is 6. The Bertz CT molecular complexity index is 856. The average Bonchev–Trinajstić information content (AvgIpc) is 2.54. The van der Waals surface area contributed by atoms with Gasteiger partial charge in [-0.1, -0.05) is 6.07 Å². The van der Waals surface area contributed by atoms with E-state index in [0.29, 0.717) is 12.1 Å². The summed E-state index contributed by atoms with van der Waals surface area (Å²) < 4.78 is 75.6. The summed E-state index contributed by atoms with van der Waals surface area (Å²) in [7, 11) is 0. The number of aromatic nitrogens is 3. The van der Waals surface area contributed by atoms with Gasteiger partial charge in [-0.05, 0) is 11.6 Å². The number of H-pyrrole nitrogens is 1. The van der Waals surface area contributed by atoms with E-state index in [9.17, 15) is 31.1 Å². The summed E-state index contributed by atoms with van der Waals surface area (Å²) in [5.41, 5.74) is -1.16. The summed E-state index contributed by atoms with van der Waals surface area (Å²) in [6.07, 6.45) is -8.04. The Morgan fingerprint density at radius 3 is 2.42 bits per heavy atom. The van der Waals surface area contributed by atoms with Crippen molar-refractivity contribution >= 4 is 0 Å². The summed E-state index contributed by atoms with van der Waals surface area (Å²) in [4.78, 5) is 22.2. The van der Waals surface area contributed by atoms with Crippen LogP contribution in [0.15, 0.2) is 23.1 Å². The van der Waals surface area contributed by atoms with Crippen molar-refractivity contribution in [2.45, 2.75) is 31.9 Å². The number of fused-ring (bicyclic) bond motifs is 1. The molecule has 0 fully saturated rings. The first-order chi connectivity index (χ1) is 12.0. The number of alkyl halides is 6. The minimum atomic E-state index is -4.74. The smallest absolute Gasteiger partial charge is 0.303 e. The molecule has 3 rings (SSSR count). The minimum Gasteiger partial charge on any atom is -0.303 e. The van der Waals surface area contributed by atoms with Crippen molar-refractivity contribution in [3.8, 4) is 0 Å². The molecule has 2 aromatic rings. The predicted octanol–water partition coefficient (Wildman–Crippen LogP) is 2.76. The van der Waals surface area contributed by atoms with E-state index < -0.39 is 29.4 Å². The molecule has 3 heterocycles. The van der Waals surface area contributed by atoms with Gasteiger partial charge in [0.05, 0.1) is 11.3 Å². The Morgan fingerprint density at radius 1 is 1.12 bits per heavy atom. The normalized spacial score (nSPS) is 15.8. The SMILES string of the molecule is O=c1[nH]c(C(F)(F)F)nc2c1CN(Cc1ccc(C(F)(F)F)nc1)CC2. The molecule has 0 spiro atoms. The maximum absolute atomic E-state index is 12.7. The highest BCUT2D eigenvalue weighted by molar-refractivity contribution is 5.22. The van der Waals surface area contributed by atoms with Crippen LogP contribution in [0.4, 0.5) is 26.3 Å². The fourth-order valence-corrected chi connectivity index (χ4v) is 2.69. The van der Waals surface area contributed by atoms with Crippen molar-refractivity contribution in [1.82, 2.24) is 19.9 Å². The molecule has 11 heteroatoms. The fourth-order valence-electron chi connectivity index (χ4n) is 2.69. The van der Waals surface area contributed by atoms with Crippen LogP contribution in [0, 0.1) is 0 Å². The van der Waals surface area contributed by atoms with Crippen molar-refractivity contribution in [2.24, 2.45) is 0 Å². The van der Waals surface area contributed by atoms with Crippen molar-refractivity contribution in [1.29, 1.82) is 0 Å². The predicted molar refractivity (Wildman–Crippen MR) is 76.9 cm³/mol. The summed E-state index contributed by atoms with van der Waals surface area (Å²) in [6, 6.07) is 2.14. The Hall–Kier alpha value is -2.43. The summed E-state index contributed by atoms with van der Waals surface area (Å²) in [5, 5.41) is 0. The second-order valence-corrected chi connectivity index (χ2v) is 5.85. The lowest BCUT2D eigenvalue weighted by atomic mass is 10.1. The molecule has 26 heavy (non-hydrogen) atoms. The summed E-state index contributed by atoms with van der Waals surface area (Å²) >= 11 is 0. The van der Waals surface area contributed by atoms with E-state index in [2.05, 4.69) is 9.97 Å². The molecule has 1 aliphatic rings. The quantitative estimate of drug-likeness (QED) is 0.817. The average molecular weight is 378 g/mol. The van der Waals surface area contributed by atoms with Crippen LogP contribution in [-0.2, 0) is 31.9 Å². The van der Waals surface area contributed by atoms with E-state index in [4.69, 9.17) is 0 Å². The second kappa shape index (κ2) is 6.38. The standard InChI is InChI=1S/C15H12F6N4O/c16-14(17,18)11-2-1-8(5-22-11)6-25-4-3-10-9(7-25)12(26)24-13(23-10)15(19,20)21/h1-2,5H,3-4,6-7H2,(H,23,24,26). The first-order valence-electron chi connectivity index (χ1n) is 7.48. The van der Waals surface area contributed by atoms with Gasteiger partial charge >= 0.3 is 12.4 Å². The van der Waals surface area contributed by atoms with Crippen LogP contribution in [0.2, 0.25) is 0 Å². The summed E-state index contributed by atoms with van der Waals surface area (Å²) in [6.45, 7) is 0.587. The van der Waals surface area contributed by atoms with E-state index >= 15 is 0 Å². The molecule has 1 aliphatic heterocycles. The Kier molecular flexibility index (Phi) is 4.51. The number of hydrogen-bond acceptors (Lipinski definition) is 4. The minimum absolute atomic E-state index is 0.0524. The highest BCUT2D eigenvalue weighted by Gasteiger charge is 2.36. The number of nitrogens with one attached hydrogen (secondary N) is 1. The van der Waals surface area contributed by atoms with Crippen LogP contribution in [0.5, 0.6) is 0 Å². The third-order valence-electron chi connectivity index (χ3n) is 3.94. The molecule has 5 nitrogen and oxygen atoms in total. The first kappa shape index (κ1) is 18.4. The van der Waals surface area contributed by atoms with Crippen molar-refractivity contribution < 1.29 is 26.3 Å². The first-order valence-corrected chi connectivity index (χ1v) is 7.48. The molecule has 0 aliphatic carbocycles. The van der Waals surface area contributed by atoms with E-state index in [1.54, 1.807) is 9.88 Å². The molecule has 0 saturated carbocycles. The van der Waals surface area contributed by atoms with Crippen LogP contribution < -0.4 is 5.56 Å². The fraction of sp³-hybridized carbons (Fsp3) is 0.400. The molecule has 1 N–H and O–H groups in total. The van der Waals surface area contributed by atoms with Gasteiger partial charge in [0.15, 0.2) is 0 Å². The van der Waals surface area contributed by atoms with Gasteiger partial charge in [0, 0.05) is 32.3 Å². The third kappa shape index (κ3) is 3.87.